The van der Waals surface area contributed by atoms with Gasteiger partial charge in [0.2, 0.25) is 0 Å². The van der Waals surface area contributed by atoms with Crippen LogP contribution in [0.2, 0.25) is 5.02 Å². The molecule has 0 bridgehead atoms. The quantitative estimate of drug-likeness (QED) is 0.265. The average molecular weight is 580 g/mol. The highest BCUT2D eigenvalue weighted by Gasteiger charge is 2.46. The lowest BCUT2D eigenvalue weighted by Gasteiger charge is -2.40. The van der Waals surface area contributed by atoms with Gasteiger partial charge in [0.15, 0.2) is 6.10 Å². The second-order valence-electron chi connectivity index (χ2n) is 10.3. The summed E-state index contributed by atoms with van der Waals surface area (Å²) in [5.74, 6) is -0.416. The molecule has 0 saturated heterocycles. The van der Waals surface area contributed by atoms with Crippen molar-refractivity contribution in [3.8, 4) is 5.69 Å². The third kappa shape index (κ3) is 4.76. The van der Waals surface area contributed by atoms with Crippen molar-refractivity contribution in [3.05, 3.63) is 112 Å². The fourth-order valence-electron chi connectivity index (χ4n) is 5.78. The fourth-order valence-corrected chi connectivity index (χ4v) is 6.04. The van der Waals surface area contributed by atoms with E-state index in [0.717, 1.165) is 11.1 Å². The maximum Gasteiger partial charge on any atom is 0.418 e. The SMILES string of the molecule is Cc1ccc2c(c1)c([C@@H](O)C(F)(F)F)c1n2CC(NC(=O)c2ccc(-n3cnnc3)cc2Cl)(c2ccccc2)CC1. The number of aryl methyl sites for hydroxylation is 1. The van der Waals surface area contributed by atoms with Crippen molar-refractivity contribution < 1.29 is 23.1 Å². The number of alkyl halides is 3. The number of rotatable bonds is 5. The molecule has 11 heteroatoms. The van der Waals surface area contributed by atoms with Crippen LogP contribution in [0, 0.1) is 6.92 Å². The van der Waals surface area contributed by atoms with E-state index in [2.05, 4.69) is 15.5 Å². The molecule has 41 heavy (non-hydrogen) atoms. The van der Waals surface area contributed by atoms with E-state index in [1.165, 1.54) is 12.7 Å². The molecule has 7 nitrogen and oxygen atoms in total. The highest BCUT2D eigenvalue weighted by molar-refractivity contribution is 6.34. The Morgan fingerprint density at radius 3 is 2.49 bits per heavy atom. The van der Waals surface area contributed by atoms with E-state index in [9.17, 15) is 23.1 Å². The Balaban J connectivity index is 1.44. The highest BCUT2D eigenvalue weighted by Crippen LogP contribution is 2.45. The number of hydrogen-bond acceptors (Lipinski definition) is 4. The molecule has 0 spiro atoms. The van der Waals surface area contributed by atoms with Crippen LogP contribution in [0.1, 0.15) is 45.3 Å². The van der Waals surface area contributed by atoms with Crippen molar-refractivity contribution in [2.75, 3.05) is 0 Å². The van der Waals surface area contributed by atoms with Gasteiger partial charge < -0.3 is 15.0 Å². The fraction of sp³-hybridized carbons (Fsp3) is 0.233. The number of carbonyl (C=O) groups is 1. The number of nitrogens with zero attached hydrogens (tertiary/aromatic N) is 4. The zero-order valence-electron chi connectivity index (χ0n) is 21.9. The summed E-state index contributed by atoms with van der Waals surface area (Å²) in [5, 5.41) is 21.8. The van der Waals surface area contributed by atoms with Crippen LogP contribution in [-0.2, 0) is 18.5 Å². The van der Waals surface area contributed by atoms with Crippen LogP contribution in [0.25, 0.3) is 16.6 Å². The van der Waals surface area contributed by atoms with Gasteiger partial charge in [-0.25, -0.2) is 0 Å². The third-order valence-corrected chi connectivity index (χ3v) is 8.08. The predicted molar refractivity (Wildman–Crippen MR) is 148 cm³/mol. The van der Waals surface area contributed by atoms with Gasteiger partial charge in [-0.1, -0.05) is 53.6 Å². The zero-order chi connectivity index (χ0) is 28.9. The Morgan fingerprint density at radius 1 is 1.07 bits per heavy atom. The maximum absolute atomic E-state index is 13.8. The topological polar surface area (TPSA) is 85.0 Å². The first-order valence-corrected chi connectivity index (χ1v) is 13.3. The average Bonchev–Trinajstić information content (AvgIpc) is 3.59. The number of aromatic nitrogens is 4. The van der Waals surface area contributed by atoms with Crippen LogP contribution < -0.4 is 5.32 Å². The van der Waals surface area contributed by atoms with Gasteiger partial charge in [-0.05, 0) is 55.7 Å². The van der Waals surface area contributed by atoms with E-state index in [1.54, 1.807) is 46.4 Å². The van der Waals surface area contributed by atoms with E-state index in [4.69, 9.17) is 11.6 Å². The summed E-state index contributed by atoms with van der Waals surface area (Å²) in [7, 11) is 0. The molecule has 2 N–H and O–H groups in total. The number of fused-ring (bicyclic) bond motifs is 3. The van der Waals surface area contributed by atoms with Crippen molar-refractivity contribution in [3.63, 3.8) is 0 Å². The largest absolute Gasteiger partial charge is 0.418 e. The van der Waals surface area contributed by atoms with Crippen molar-refractivity contribution >= 4 is 28.4 Å². The Morgan fingerprint density at radius 2 is 1.80 bits per heavy atom. The molecule has 0 saturated carbocycles. The number of halogens is 4. The van der Waals surface area contributed by atoms with Crippen LogP contribution in [0.3, 0.4) is 0 Å². The molecule has 0 fully saturated rings. The summed E-state index contributed by atoms with van der Waals surface area (Å²) in [5.41, 5.74) is 2.41. The summed E-state index contributed by atoms with van der Waals surface area (Å²) in [6.07, 6.45) is -3.90. The van der Waals surface area contributed by atoms with Crippen LogP contribution >= 0.6 is 11.6 Å². The van der Waals surface area contributed by atoms with E-state index in [0.29, 0.717) is 28.7 Å². The molecular weight excluding hydrogens is 555 g/mol. The van der Waals surface area contributed by atoms with Crippen molar-refractivity contribution in [2.45, 2.75) is 44.1 Å². The first-order chi connectivity index (χ1) is 19.6. The van der Waals surface area contributed by atoms with Gasteiger partial charge in [0.1, 0.15) is 12.7 Å². The van der Waals surface area contributed by atoms with Crippen molar-refractivity contribution in [1.29, 1.82) is 0 Å². The van der Waals surface area contributed by atoms with Crippen molar-refractivity contribution in [2.24, 2.45) is 0 Å². The first kappa shape index (κ1) is 27.0. The predicted octanol–water partition coefficient (Wildman–Crippen LogP) is 6.05. The number of benzene rings is 3. The molecule has 3 aromatic carbocycles. The third-order valence-electron chi connectivity index (χ3n) is 7.76. The molecule has 1 unspecified atom stereocenters. The van der Waals surface area contributed by atoms with E-state index in [-0.39, 0.29) is 29.1 Å². The first-order valence-electron chi connectivity index (χ1n) is 13.0. The van der Waals surface area contributed by atoms with Gasteiger partial charge in [-0.2, -0.15) is 13.2 Å². The van der Waals surface area contributed by atoms with Gasteiger partial charge in [-0.3, -0.25) is 9.36 Å². The minimum absolute atomic E-state index is 0.128. The molecule has 1 aliphatic heterocycles. The minimum atomic E-state index is -4.82. The van der Waals surface area contributed by atoms with Crippen LogP contribution in [0.4, 0.5) is 13.2 Å². The lowest BCUT2D eigenvalue weighted by atomic mass is 9.81. The Hall–Kier alpha value is -4.15. The molecule has 6 rings (SSSR count). The maximum atomic E-state index is 13.8. The van der Waals surface area contributed by atoms with E-state index >= 15 is 0 Å². The van der Waals surface area contributed by atoms with Gasteiger partial charge in [-0.15, -0.1) is 10.2 Å². The van der Waals surface area contributed by atoms with Crippen LogP contribution in [0.5, 0.6) is 0 Å². The Bertz CT molecular complexity index is 1750. The number of amides is 1. The lowest BCUT2D eigenvalue weighted by molar-refractivity contribution is -0.206. The number of carbonyl (C=O) groups excluding carboxylic acids is 1. The highest BCUT2D eigenvalue weighted by atomic mass is 35.5. The monoisotopic (exact) mass is 579 g/mol. The van der Waals surface area contributed by atoms with Crippen LogP contribution in [0.15, 0.2) is 79.4 Å². The summed E-state index contributed by atoms with van der Waals surface area (Å²) in [6.45, 7) is 1.96. The second kappa shape index (κ2) is 10.0. The Labute approximate surface area is 238 Å². The standard InChI is InChI=1S/C30H25ClF3N5O2/c1-18-7-10-24-22(13-18)26(27(40)30(32,33)34)25-11-12-29(15-39(24)25,19-5-3-2-4-6-19)37-28(41)21-9-8-20(14-23(21)31)38-16-35-36-17-38/h2-10,13-14,16-17,27,40H,11-12,15H2,1H3,(H,37,41)/t27-,29?/m1/s1. The molecule has 2 aromatic heterocycles. The molecule has 5 aromatic rings. The van der Waals surface area contributed by atoms with Gasteiger partial charge in [0, 0.05) is 27.8 Å². The van der Waals surface area contributed by atoms with Crippen molar-refractivity contribution in [1.82, 2.24) is 24.6 Å². The number of nitrogens with one attached hydrogen (secondary N) is 1. The summed E-state index contributed by atoms with van der Waals surface area (Å²) >= 11 is 6.55. The second-order valence-corrected chi connectivity index (χ2v) is 10.8. The molecule has 0 aliphatic carbocycles. The molecular formula is C30H25ClF3N5O2. The molecule has 210 valence electrons. The molecule has 1 amide bonds. The number of hydrogen-bond donors (Lipinski definition) is 2. The molecule has 2 atom stereocenters. The minimum Gasteiger partial charge on any atom is -0.379 e. The van der Waals surface area contributed by atoms with E-state index in [1.807, 2.05) is 36.4 Å². The summed E-state index contributed by atoms with van der Waals surface area (Å²) in [6, 6.07) is 19.6. The number of aliphatic hydroxyl groups is 1. The lowest BCUT2D eigenvalue weighted by Crippen LogP contribution is -2.51. The summed E-state index contributed by atoms with van der Waals surface area (Å²) < 4.78 is 44.9. The smallest absolute Gasteiger partial charge is 0.379 e. The van der Waals surface area contributed by atoms with E-state index < -0.39 is 23.7 Å². The van der Waals surface area contributed by atoms with Gasteiger partial charge in [0.05, 0.1) is 22.7 Å². The Kier molecular flexibility index (Phi) is 6.62. The number of aliphatic hydroxyl groups excluding tert-OH is 1. The molecule has 0 radical (unpaired) electrons. The van der Waals surface area contributed by atoms with Gasteiger partial charge in [0.25, 0.3) is 5.91 Å². The van der Waals surface area contributed by atoms with Crippen LogP contribution in [-0.4, -0.2) is 36.5 Å². The van der Waals surface area contributed by atoms with Gasteiger partial charge >= 0.3 is 6.18 Å². The molecule has 1 aliphatic rings. The normalized spacial score (nSPS) is 17.8. The molecule has 3 heterocycles. The zero-order valence-corrected chi connectivity index (χ0v) is 22.6. The summed E-state index contributed by atoms with van der Waals surface area (Å²) in [4.78, 5) is 13.8.